The number of alkyl halides is 3. The maximum Gasteiger partial charge on any atom is 0.534 e. The number of benzene rings is 4. The molecule has 2 aliphatic rings. The van der Waals surface area contributed by atoms with Crippen molar-refractivity contribution in [1.82, 2.24) is 4.90 Å². The Balaban J connectivity index is 1.60. The van der Waals surface area contributed by atoms with E-state index in [4.69, 9.17) is 13.7 Å². The third kappa shape index (κ3) is 5.57. The van der Waals surface area contributed by atoms with Crippen LogP contribution >= 0.6 is 0 Å². The average molecular weight is 664 g/mol. The molecule has 47 heavy (non-hydrogen) atoms. The van der Waals surface area contributed by atoms with Crippen molar-refractivity contribution in [2.45, 2.75) is 30.1 Å². The first kappa shape index (κ1) is 32.0. The maximum atomic E-state index is 14.3. The molecule has 0 amide bonds. The highest BCUT2D eigenvalue weighted by Crippen LogP contribution is 2.57. The van der Waals surface area contributed by atoms with Crippen molar-refractivity contribution in [3.05, 3.63) is 143 Å². The molecule has 0 radical (unpaired) electrons. The molecule has 4 aromatic rings. The van der Waals surface area contributed by atoms with Gasteiger partial charge in [0.05, 0.1) is 25.6 Å². The van der Waals surface area contributed by atoms with Gasteiger partial charge in [-0.05, 0) is 33.4 Å². The predicted octanol–water partition coefficient (Wildman–Crippen LogP) is 6.07. The minimum Gasteiger partial charge on any atom is -0.469 e. The summed E-state index contributed by atoms with van der Waals surface area (Å²) in [6.45, 7) is -0.803. The molecular weight excluding hydrogens is 635 g/mol. The second-order valence-corrected chi connectivity index (χ2v) is 12.5. The van der Waals surface area contributed by atoms with Crippen molar-refractivity contribution in [3.63, 3.8) is 0 Å². The highest BCUT2D eigenvalue weighted by Gasteiger charge is 2.58. The molecule has 8 nitrogen and oxygen atoms in total. The van der Waals surface area contributed by atoms with Gasteiger partial charge in [0.15, 0.2) is 0 Å². The molecule has 0 spiro atoms. The van der Waals surface area contributed by atoms with E-state index in [9.17, 15) is 31.2 Å². The zero-order valence-corrected chi connectivity index (χ0v) is 25.8. The van der Waals surface area contributed by atoms with Crippen molar-refractivity contribution in [1.29, 1.82) is 0 Å². The maximum absolute atomic E-state index is 14.3. The smallest absolute Gasteiger partial charge is 0.469 e. The number of methoxy groups -OCH3 is 1. The fraction of sp³-hybridized carbons (Fsp3) is 0.200. The molecule has 1 aliphatic heterocycles. The Kier molecular flexibility index (Phi) is 8.41. The highest BCUT2D eigenvalue weighted by molar-refractivity contribution is 7.87. The van der Waals surface area contributed by atoms with Crippen LogP contribution in [0.3, 0.4) is 0 Å². The zero-order chi connectivity index (χ0) is 33.4. The van der Waals surface area contributed by atoms with E-state index >= 15 is 0 Å². The number of fused-ring (bicyclic) bond motifs is 3. The van der Waals surface area contributed by atoms with Gasteiger partial charge in [-0.15, -0.1) is 0 Å². The highest BCUT2D eigenvalue weighted by atomic mass is 32.2. The summed E-state index contributed by atoms with van der Waals surface area (Å²) in [4.78, 5) is 28.6. The lowest BCUT2D eigenvalue weighted by molar-refractivity contribution is -0.151. The van der Waals surface area contributed by atoms with Crippen LogP contribution in [0.25, 0.3) is 11.1 Å². The van der Waals surface area contributed by atoms with Gasteiger partial charge in [-0.1, -0.05) is 109 Å². The molecule has 6 rings (SSSR count). The minimum atomic E-state index is -6.20. The number of hydrogen-bond donors (Lipinski definition) is 0. The fourth-order valence-electron chi connectivity index (χ4n) is 6.44. The Morgan fingerprint density at radius 2 is 1.36 bits per heavy atom. The summed E-state index contributed by atoms with van der Waals surface area (Å²) in [7, 11) is -5.13. The van der Waals surface area contributed by atoms with Crippen LogP contribution in [0, 0.1) is 0 Å². The molecule has 1 aliphatic carbocycles. The van der Waals surface area contributed by atoms with Crippen molar-refractivity contribution in [2.75, 3.05) is 13.7 Å². The van der Waals surface area contributed by atoms with Crippen LogP contribution in [0.2, 0.25) is 0 Å². The molecule has 0 N–H and O–H groups in total. The molecule has 0 bridgehead atoms. The summed E-state index contributed by atoms with van der Waals surface area (Å²) < 4.78 is 81.4. The summed E-state index contributed by atoms with van der Waals surface area (Å²) in [5, 5.41) is 0. The van der Waals surface area contributed by atoms with Crippen LogP contribution in [0.5, 0.6) is 0 Å². The first-order chi connectivity index (χ1) is 22.5. The van der Waals surface area contributed by atoms with Crippen LogP contribution in [-0.4, -0.2) is 50.5 Å². The number of nitrogens with zero attached hydrogens (tertiary/aromatic N) is 1. The van der Waals surface area contributed by atoms with E-state index in [-0.39, 0.29) is 12.2 Å². The summed E-state index contributed by atoms with van der Waals surface area (Å²) in [6, 6.07) is 30.9. The number of carbonyl (C=O) groups excluding carboxylic acids is 2. The van der Waals surface area contributed by atoms with Gasteiger partial charge in [0.1, 0.15) is 18.4 Å². The van der Waals surface area contributed by atoms with Crippen molar-refractivity contribution in [3.8, 4) is 11.1 Å². The second kappa shape index (κ2) is 12.3. The Morgan fingerprint density at radius 3 is 1.91 bits per heavy atom. The lowest BCUT2D eigenvalue weighted by atomic mass is 9.78. The van der Waals surface area contributed by atoms with E-state index in [2.05, 4.69) is 0 Å². The number of carbonyl (C=O) groups is 2. The Labute approximate surface area is 269 Å². The normalized spacial score (nSPS) is 17.1. The first-order valence-electron chi connectivity index (χ1n) is 14.5. The first-order valence-corrected chi connectivity index (χ1v) is 15.9. The number of halogens is 3. The molecule has 0 saturated heterocycles. The Bertz CT molecular complexity index is 1920. The Hall–Kier alpha value is -4.94. The number of hydrogen-bond acceptors (Lipinski definition) is 8. The van der Waals surface area contributed by atoms with E-state index in [0.717, 1.165) is 18.2 Å². The van der Waals surface area contributed by atoms with Crippen LogP contribution < -0.4 is 0 Å². The van der Waals surface area contributed by atoms with Crippen LogP contribution in [0.15, 0.2) is 121 Å². The van der Waals surface area contributed by atoms with E-state index in [0.29, 0.717) is 22.3 Å². The standard InChI is InChI=1S/C35H28F3NO7S/c1-44-31(40)20-27-30(46-47(42,43)35(36,37)38)21-39(32(27)33(41)45-22-23-12-4-2-5-13-23)34(24-14-6-3-7-15-24)28-18-10-8-16-25(28)26-17-9-11-19-29(26)34/h2-19,32H,20-22H2,1H3/t32-/m0/s1. The van der Waals surface area contributed by atoms with Crippen LogP contribution in [-0.2, 0) is 45.5 Å². The van der Waals surface area contributed by atoms with Crippen molar-refractivity contribution >= 4 is 22.1 Å². The topological polar surface area (TPSA) is 99.2 Å². The van der Waals surface area contributed by atoms with Crippen LogP contribution in [0.1, 0.15) is 28.7 Å². The second-order valence-electron chi connectivity index (χ2n) is 11.0. The Morgan fingerprint density at radius 1 is 0.830 bits per heavy atom. The fourth-order valence-corrected chi connectivity index (χ4v) is 6.96. The molecule has 1 atom stereocenters. The molecule has 12 heteroatoms. The lowest BCUT2D eigenvalue weighted by Gasteiger charge is -2.44. The van der Waals surface area contributed by atoms with Gasteiger partial charge < -0.3 is 13.7 Å². The van der Waals surface area contributed by atoms with Gasteiger partial charge in [0.2, 0.25) is 0 Å². The summed E-state index contributed by atoms with van der Waals surface area (Å²) in [5.41, 5.74) is -3.23. The largest absolute Gasteiger partial charge is 0.534 e. The third-order valence-corrected chi connectivity index (χ3v) is 9.35. The van der Waals surface area contributed by atoms with E-state index < -0.39 is 57.9 Å². The van der Waals surface area contributed by atoms with Crippen molar-refractivity contribution in [2.24, 2.45) is 0 Å². The number of ether oxygens (including phenoxy) is 2. The monoisotopic (exact) mass is 663 g/mol. The van der Waals surface area contributed by atoms with Gasteiger partial charge in [-0.3, -0.25) is 9.69 Å². The van der Waals surface area contributed by atoms with Crippen molar-refractivity contribution < 1.29 is 44.8 Å². The molecule has 1 heterocycles. The zero-order valence-electron chi connectivity index (χ0n) is 24.9. The molecule has 0 unspecified atom stereocenters. The van der Waals surface area contributed by atoms with Gasteiger partial charge in [-0.25, -0.2) is 4.79 Å². The number of rotatable bonds is 9. The van der Waals surface area contributed by atoms with Gasteiger partial charge in [-0.2, -0.15) is 21.6 Å². The number of esters is 2. The molecule has 242 valence electrons. The van der Waals surface area contributed by atoms with E-state index in [1.54, 1.807) is 65.6 Å². The van der Waals surface area contributed by atoms with Gasteiger partial charge in [0, 0.05) is 5.57 Å². The molecule has 0 aromatic heterocycles. The minimum absolute atomic E-state index is 0.196. The van der Waals surface area contributed by atoms with E-state index in [1.165, 1.54) is 0 Å². The summed E-state index contributed by atoms with van der Waals surface area (Å²) in [6.07, 6.45) is -0.741. The molecule has 4 aromatic carbocycles. The summed E-state index contributed by atoms with van der Waals surface area (Å²) >= 11 is 0. The molecule has 0 saturated carbocycles. The van der Waals surface area contributed by atoms with Gasteiger partial charge >= 0.3 is 27.6 Å². The predicted molar refractivity (Wildman–Crippen MR) is 165 cm³/mol. The molecular formula is C35H28F3NO7S. The average Bonchev–Trinajstić information content (AvgIpc) is 3.57. The third-order valence-electron chi connectivity index (χ3n) is 8.36. The molecule has 0 fully saturated rings. The van der Waals surface area contributed by atoms with E-state index in [1.807, 2.05) is 48.5 Å². The SMILES string of the molecule is COC(=O)CC1=C(OS(=O)(=O)C(F)(F)F)CN(C2(c3ccccc3)c3ccccc3-c3ccccc32)[C@@H]1C(=O)OCc1ccccc1. The quantitative estimate of drug-likeness (QED) is 0.121. The van der Waals surface area contributed by atoms with Crippen LogP contribution in [0.4, 0.5) is 13.2 Å². The van der Waals surface area contributed by atoms with Gasteiger partial charge in [0.25, 0.3) is 0 Å². The summed E-state index contributed by atoms with van der Waals surface area (Å²) in [5.74, 6) is -2.56. The lowest BCUT2D eigenvalue weighted by Crippen LogP contribution is -2.53.